The van der Waals surface area contributed by atoms with Crippen LogP contribution in [0, 0.1) is 12.1 Å². The predicted octanol–water partition coefficient (Wildman–Crippen LogP) is 2.83. The molecule has 2 aromatic carbocycles. The molecule has 4 heteroatoms. The van der Waals surface area contributed by atoms with Crippen LogP contribution in [0.2, 0.25) is 0 Å². The molecular weight excluding hydrogens is 574 g/mol. The zero-order chi connectivity index (χ0) is 25.8. The standard InChI is InChI=1S/C21H25.C9H7O.C3H6.2ClH.Zr/c1-20(2,3)16-9-7-14-11-15-8-10-17(21(4,5)6)13-19(15)18(14)12-16;1-2-4-8(3-1)9-5-6-10-7-9;1-3-2;;;/h7,9-10,12-13H,11H2,1-6H3;1,3,5-7H,2H2;1-2H3;2*1H;/q2*-1;;;;+2/p-2. The Morgan fingerprint density at radius 3 is 2.03 bits per heavy atom. The maximum absolute atomic E-state index is 4.93. The Labute approximate surface area is 252 Å². The smallest absolute Gasteiger partial charge is 0.0771 e. The van der Waals surface area contributed by atoms with E-state index in [2.05, 4.69) is 110 Å². The van der Waals surface area contributed by atoms with E-state index in [4.69, 9.17) is 4.42 Å². The molecule has 0 fully saturated rings. The summed E-state index contributed by atoms with van der Waals surface area (Å²) in [5.74, 6) is 0. The molecule has 1 aromatic heterocycles. The Balaban J connectivity index is 0.000000358. The SMILES string of the molecule is CC(C)(C)c1c[c-]c2c(c1)-c1cc(C(C)(C)C)ccc1C2.C[C](C)=[Zr+2].[C-]1=C(c2ccoc2)C=CC1.[Cl-].[Cl-]. The number of allylic oxidation sites excluding steroid dienone is 4. The molecule has 0 N–H and O–H groups in total. The van der Waals surface area contributed by atoms with Crippen LogP contribution < -0.4 is 24.8 Å². The quantitative estimate of drug-likeness (QED) is 0.302. The first-order chi connectivity index (χ1) is 16.4. The summed E-state index contributed by atoms with van der Waals surface area (Å²) in [6.45, 7) is 17.9. The van der Waals surface area contributed by atoms with Gasteiger partial charge in [-0.25, -0.2) is 0 Å². The van der Waals surface area contributed by atoms with Crippen LogP contribution in [0.5, 0.6) is 0 Å². The summed E-state index contributed by atoms with van der Waals surface area (Å²) in [5, 5.41) is 0. The van der Waals surface area contributed by atoms with Gasteiger partial charge in [0.15, 0.2) is 0 Å². The van der Waals surface area contributed by atoms with E-state index in [1.54, 1.807) is 36.8 Å². The van der Waals surface area contributed by atoms with Gasteiger partial charge in [0.1, 0.15) is 0 Å². The molecule has 1 nitrogen and oxygen atoms in total. The van der Waals surface area contributed by atoms with Gasteiger partial charge in [-0.2, -0.15) is 47.1 Å². The van der Waals surface area contributed by atoms with Gasteiger partial charge in [0.05, 0.1) is 6.26 Å². The van der Waals surface area contributed by atoms with Crippen molar-refractivity contribution in [1.82, 2.24) is 0 Å². The molecule has 3 aromatic rings. The van der Waals surface area contributed by atoms with Crippen molar-refractivity contribution in [3.8, 4) is 11.1 Å². The normalized spacial score (nSPS) is 13.0. The van der Waals surface area contributed by atoms with E-state index in [0.29, 0.717) is 0 Å². The summed E-state index contributed by atoms with van der Waals surface area (Å²) in [5.41, 5.74) is 11.0. The van der Waals surface area contributed by atoms with Crippen molar-refractivity contribution >= 4 is 8.78 Å². The molecule has 0 bridgehead atoms. The number of hydrogen-bond acceptors (Lipinski definition) is 1. The Hall–Kier alpha value is -1.47. The van der Waals surface area contributed by atoms with Gasteiger partial charge < -0.3 is 29.2 Å². The summed E-state index contributed by atoms with van der Waals surface area (Å²) in [6, 6.07) is 17.0. The molecule has 2 aliphatic carbocycles. The number of hydrogen-bond donors (Lipinski definition) is 0. The largest absolute Gasteiger partial charge is 1.00 e. The van der Waals surface area contributed by atoms with E-state index in [0.717, 1.165) is 24.0 Å². The van der Waals surface area contributed by atoms with Crippen molar-refractivity contribution in [2.24, 2.45) is 0 Å². The molecule has 5 rings (SSSR count). The molecule has 0 unspecified atom stereocenters. The number of furan rings is 1. The van der Waals surface area contributed by atoms with Crippen LogP contribution in [0.3, 0.4) is 0 Å². The van der Waals surface area contributed by atoms with E-state index in [9.17, 15) is 0 Å². The molecule has 0 aliphatic heterocycles. The molecule has 2 aliphatic rings. The van der Waals surface area contributed by atoms with Crippen molar-refractivity contribution in [2.45, 2.75) is 79.1 Å². The maximum atomic E-state index is 4.93. The van der Waals surface area contributed by atoms with Crippen LogP contribution in [0.1, 0.15) is 89.6 Å². The fraction of sp³-hybridized carbons (Fsp3) is 0.364. The summed E-state index contributed by atoms with van der Waals surface area (Å²) in [4.78, 5) is 0. The van der Waals surface area contributed by atoms with Crippen molar-refractivity contribution in [3.63, 3.8) is 0 Å². The monoisotopic (exact) mass is 610 g/mol. The minimum Gasteiger partial charge on any atom is -1.00 e. The first-order valence-electron chi connectivity index (χ1n) is 12.4. The second-order valence-corrected chi connectivity index (χ2v) is 14.0. The van der Waals surface area contributed by atoms with Crippen LogP contribution in [-0.4, -0.2) is 3.21 Å². The third-order valence-electron chi connectivity index (χ3n) is 6.05. The molecule has 37 heavy (non-hydrogen) atoms. The van der Waals surface area contributed by atoms with Gasteiger partial charge in [0.2, 0.25) is 0 Å². The zero-order valence-electron chi connectivity index (χ0n) is 23.4. The van der Waals surface area contributed by atoms with Crippen molar-refractivity contribution < 1.29 is 53.5 Å². The van der Waals surface area contributed by atoms with Gasteiger partial charge in [-0.3, -0.25) is 0 Å². The van der Waals surface area contributed by atoms with E-state index >= 15 is 0 Å². The molecule has 196 valence electrons. The van der Waals surface area contributed by atoms with E-state index in [-0.39, 0.29) is 35.6 Å². The topological polar surface area (TPSA) is 13.1 Å². The number of benzene rings is 2. The Bertz CT molecular complexity index is 1170. The molecule has 0 saturated carbocycles. The van der Waals surface area contributed by atoms with E-state index in [1.165, 1.54) is 36.6 Å². The average Bonchev–Trinajstić information content (AvgIpc) is 3.51. The summed E-state index contributed by atoms with van der Waals surface area (Å²) >= 11 is 1.55. The first-order valence-corrected chi connectivity index (χ1v) is 13.6. The fourth-order valence-corrected chi connectivity index (χ4v) is 4.01. The average molecular weight is 613 g/mol. The Kier molecular flexibility index (Phi) is 12.8. The molecule has 0 atom stereocenters. The molecule has 0 amide bonds. The van der Waals surface area contributed by atoms with Gasteiger partial charge >= 0.3 is 41.3 Å². The summed E-state index contributed by atoms with van der Waals surface area (Å²) in [6.07, 6.45) is 12.7. The minimum atomic E-state index is 0. The van der Waals surface area contributed by atoms with Crippen LogP contribution >= 0.6 is 0 Å². The Morgan fingerprint density at radius 1 is 0.892 bits per heavy atom. The maximum Gasteiger partial charge on any atom is 0.0771 e. The molecule has 0 spiro atoms. The van der Waals surface area contributed by atoms with Gasteiger partial charge in [0, 0.05) is 6.26 Å². The molecule has 0 radical (unpaired) electrons. The third-order valence-corrected chi connectivity index (χ3v) is 6.05. The number of halogens is 2. The first kappa shape index (κ1) is 33.6. The zero-order valence-corrected chi connectivity index (χ0v) is 27.3. The van der Waals surface area contributed by atoms with Crippen molar-refractivity contribution in [3.05, 3.63) is 101 Å². The second-order valence-electron chi connectivity index (χ2n) is 11.5. The van der Waals surface area contributed by atoms with E-state index < -0.39 is 0 Å². The van der Waals surface area contributed by atoms with Gasteiger partial charge in [-0.05, 0) is 17.4 Å². The number of rotatable bonds is 1. The molecular formula is C33H38Cl2OZr-2. The van der Waals surface area contributed by atoms with Crippen molar-refractivity contribution in [2.75, 3.05) is 0 Å². The van der Waals surface area contributed by atoms with Crippen LogP contribution in [0.4, 0.5) is 0 Å². The van der Waals surface area contributed by atoms with E-state index in [1.807, 2.05) is 6.07 Å². The Morgan fingerprint density at radius 2 is 1.51 bits per heavy atom. The summed E-state index contributed by atoms with van der Waals surface area (Å²) in [7, 11) is 0. The van der Waals surface area contributed by atoms with Crippen molar-refractivity contribution in [1.29, 1.82) is 0 Å². The number of fused-ring (bicyclic) bond motifs is 3. The third kappa shape index (κ3) is 9.35. The molecule has 0 saturated heterocycles. The fourth-order valence-electron chi connectivity index (χ4n) is 4.01. The van der Waals surface area contributed by atoms with Gasteiger partial charge in [0.25, 0.3) is 0 Å². The van der Waals surface area contributed by atoms with Crippen LogP contribution in [0.25, 0.3) is 16.7 Å². The van der Waals surface area contributed by atoms with Gasteiger partial charge in [-0.15, -0.1) is 11.6 Å². The second kappa shape index (κ2) is 14.1. The predicted molar refractivity (Wildman–Crippen MR) is 146 cm³/mol. The van der Waals surface area contributed by atoms with Crippen LogP contribution in [0.15, 0.2) is 65.5 Å². The van der Waals surface area contributed by atoms with Crippen LogP contribution in [-0.2, 0) is 41.5 Å². The van der Waals surface area contributed by atoms with Gasteiger partial charge in [-0.1, -0.05) is 94.3 Å². The summed E-state index contributed by atoms with van der Waals surface area (Å²) < 4.78 is 6.44. The molecule has 1 heterocycles. The minimum absolute atomic E-state index is 0.